The van der Waals surface area contributed by atoms with E-state index in [0.29, 0.717) is 5.82 Å². The Morgan fingerprint density at radius 2 is 1.86 bits per heavy atom. The summed E-state index contributed by atoms with van der Waals surface area (Å²) in [5.74, 6) is 2.23. The summed E-state index contributed by atoms with van der Waals surface area (Å²) >= 11 is 0. The summed E-state index contributed by atoms with van der Waals surface area (Å²) in [6.07, 6.45) is 5.13. The molecule has 5 rings (SSSR count). The Hall–Kier alpha value is -4.00. The molecule has 0 spiro atoms. The zero-order valence-electron chi connectivity index (χ0n) is 15.0. The Kier molecular flexibility index (Phi) is 3.83. The fourth-order valence-electron chi connectivity index (χ4n) is 3.30. The SMILES string of the molecule is COc1ccc(Nc2nc3c(-c4ncn[nH]4)cccc3c3cnccc23)cc1. The Balaban J connectivity index is 1.73. The largest absolute Gasteiger partial charge is 0.497 e. The molecule has 0 fully saturated rings. The number of aromatic nitrogens is 5. The van der Waals surface area contributed by atoms with Crippen molar-refractivity contribution in [1.29, 1.82) is 0 Å². The lowest BCUT2D eigenvalue weighted by molar-refractivity contribution is 0.415. The summed E-state index contributed by atoms with van der Waals surface area (Å²) in [5.41, 5.74) is 2.64. The molecule has 0 bridgehead atoms. The quantitative estimate of drug-likeness (QED) is 0.459. The van der Waals surface area contributed by atoms with Gasteiger partial charge in [0.15, 0.2) is 5.82 Å². The Morgan fingerprint density at radius 1 is 0.964 bits per heavy atom. The van der Waals surface area contributed by atoms with Crippen LogP contribution in [-0.2, 0) is 0 Å². The fraction of sp³-hybridized carbons (Fsp3) is 0.0476. The first-order valence-corrected chi connectivity index (χ1v) is 8.77. The number of ether oxygens (including phenoxy) is 1. The Labute approximate surface area is 160 Å². The first-order valence-electron chi connectivity index (χ1n) is 8.77. The molecule has 0 aliphatic rings. The van der Waals surface area contributed by atoms with Crippen LogP contribution in [0, 0.1) is 0 Å². The number of anilines is 2. The molecule has 0 unspecified atom stereocenters. The van der Waals surface area contributed by atoms with E-state index in [1.807, 2.05) is 54.7 Å². The molecule has 2 aromatic carbocycles. The number of aromatic amines is 1. The first-order chi connectivity index (χ1) is 13.8. The van der Waals surface area contributed by atoms with Gasteiger partial charge in [-0.25, -0.2) is 9.97 Å². The third-order valence-electron chi connectivity index (χ3n) is 4.65. The summed E-state index contributed by atoms with van der Waals surface area (Å²) in [4.78, 5) is 13.6. The van der Waals surface area contributed by atoms with Crippen molar-refractivity contribution in [2.24, 2.45) is 0 Å². The molecule has 3 heterocycles. The van der Waals surface area contributed by atoms with Crippen LogP contribution in [0.25, 0.3) is 33.1 Å². The number of nitrogens with one attached hydrogen (secondary N) is 2. The zero-order valence-corrected chi connectivity index (χ0v) is 15.0. The van der Waals surface area contributed by atoms with E-state index in [9.17, 15) is 0 Å². The summed E-state index contributed by atoms with van der Waals surface area (Å²) in [5, 5.41) is 13.3. The average Bonchev–Trinajstić information content (AvgIpc) is 3.29. The highest BCUT2D eigenvalue weighted by Crippen LogP contribution is 2.34. The van der Waals surface area contributed by atoms with E-state index in [0.717, 1.165) is 44.5 Å². The van der Waals surface area contributed by atoms with E-state index >= 15 is 0 Å². The molecule has 5 aromatic rings. The number of fused-ring (bicyclic) bond motifs is 3. The van der Waals surface area contributed by atoms with Crippen LogP contribution in [0.3, 0.4) is 0 Å². The van der Waals surface area contributed by atoms with E-state index in [4.69, 9.17) is 9.72 Å². The van der Waals surface area contributed by atoms with Gasteiger partial charge in [-0.15, -0.1) is 0 Å². The van der Waals surface area contributed by atoms with Gasteiger partial charge in [0.2, 0.25) is 0 Å². The highest BCUT2D eigenvalue weighted by Gasteiger charge is 2.14. The standard InChI is InChI=1S/C21H16N6O/c1-28-14-7-5-13(6-8-14)25-21-16-9-10-22-11-18(16)15-3-2-4-17(19(15)26-21)20-23-12-24-27-20/h2-12H,1H3,(H,25,26)(H,23,24,27). The minimum atomic E-state index is 0.678. The van der Waals surface area contributed by atoms with Crippen LogP contribution >= 0.6 is 0 Å². The molecule has 0 atom stereocenters. The number of para-hydroxylation sites is 1. The van der Waals surface area contributed by atoms with E-state index in [1.165, 1.54) is 6.33 Å². The van der Waals surface area contributed by atoms with Crippen LogP contribution in [0.2, 0.25) is 0 Å². The molecule has 0 aliphatic carbocycles. The molecule has 7 heteroatoms. The van der Waals surface area contributed by atoms with Crippen molar-refractivity contribution >= 4 is 33.2 Å². The lowest BCUT2D eigenvalue weighted by atomic mass is 10.0. The van der Waals surface area contributed by atoms with Gasteiger partial charge in [-0.1, -0.05) is 12.1 Å². The molecule has 2 N–H and O–H groups in total. The number of pyridine rings is 2. The maximum atomic E-state index is 5.24. The number of nitrogens with zero attached hydrogens (tertiary/aromatic N) is 4. The molecule has 0 radical (unpaired) electrons. The molecule has 136 valence electrons. The molecule has 0 saturated heterocycles. The number of hydrogen-bond acceptors (Lipinski definition) is 6. The Bertz CT molecular complexity index is 1270. The van der Waals surface area contributed by atoms with Crippen molar-refractivity contribution in [3.63, 3.8) is 0 Å². The topological polar surface area (TPSA) is 88.6 Å². The van der Waals surface area contributed by atoms with Gasteiger partial charge >= 0.3 is 0 Å². The van der Waals surface area contributed by atoms with Crippen molar-refractivity contribution in [2.45, 2.75) is 0 Å². The zero-order chi connectivity index (χ0) is 18.9. The van der Waals surface area contributed by atoms with Crippen molar-refractivity contribution in [1.82, 2.24) is 25.1 Å². The lowest BCUT2D eigenvalue weighted by Gasteiger charge is -2.13. The van der Waals surface area contributed by atoms with Crippen molar-refractivity contribution in [2.75, 3.05) is 12.4 Å². The highest BCUT2D eigenvalue weighted by atomic mass is 16.5. The van der Waals surface area contributed by atoms with Gasteiger partial charge < -0.3 is 10.1 Å². The van der Waals surface area contributed by atoms with Gasteiger partial charge in [0.1, 0.15) is 17.9 Å². The minimum Gasteiger partial charge on any atom is -0.497 e. The minimum absolute atomic E-state index is 0.678. The average molecular weight is 368 g/mol. The number of rotatable bonds is 4. The second-order valence-corrected chi connectivity index (χ2v) is 6.27. The van der Waals surface area contributed by atoms with E-state index in [-0.39, 0.29) is 0 Å². The van der Waals surface area contributed by atoms with Crippen LogP contribution in [0.5, 0.6) is 5.75 Å². The predicted octanol–water partition coefficient (Wildman–Crippen LogP) is 4.32. The normalized spacial score (nSPS) is 11.0. The van der Waals surface area contributed by atoms with E-state index in [2.05, 4.69) is 25.5 Å². The number of benzene rings is 2. The maximum absolute atomic E-state index is 5.24. The van der Waals surface area contributed by atoms with Gasteiger partial charge in [0.25, 0.3) is 0 Å². The molecule has 7 nitrogen and oxygen atoms in total. The molecule has 28 heavy (non-hydrogen) atoms. The van der Waals surface area contributed by atoms with Gasteiger partial charge in [-0.05, 0) is 36.4 Å². The second kappa shape index (κ2) is 6.62. The second-order valence-electron chi connectivity index (χ2n) is 6.27. The van der Waals surface area contributed by atoms with Crippen molar-refractivity contribution < 1.29 is 4.74 Å². The summed E-state index contributed by atoms with van der Waals surface area (Å²) in [7, 11) is 1.65. The van der Waals surface area contributed by atoms with Gasteiger partial charge in [-0.2, -0.15) is 5.10 Å². The predicted molar refractivity (Wildman–Crippen MR) is 109 cm³/mol. The van der Waals surface area contributed by atoms with Crippen LogP contribution in [0.4, 0.5) is 11.5 Å². The molecule has 0 aliphatic heterocycles. The van der Waals surface area contributed by atoms with Gasteiger partial charge in [-0.3, -0.25) is 10.1 Å². The highest BCUT2D eigenvalue weighted by molar-refractivity contribution is 6.13. The van der Waals surface area contributed by atoms with E-state index in [1.54, 1.807) is 13.3 Å². The summed E-state index contributed by atoms with van der Waals surface area (Å²) in [6, 6.07) is 15.7. The smallest absolute Gasteiger partial charge is 0.157 e. The molecular formula is C21H16N6O. The molecular weight excluding hydrogens is 352 g/mol. The number of H-pyrrole nitrogens is 1. The Morgan fingerprint density at radius 3 is 2.64 bits per heavy atom. The third-order valence-corrected chi connectivity index (χ3v) is 4.65. The summed E-state index contributed by atoms with van der Waals surface area (Å²) < 4.78 is 5.24. The monoisotopic (exact) mass is 368 g/mol. The first kappa shape index (κ1) is 16.2. The van der Waals surface area contributed by atoms with Crippen LogP contribution < -0.4 is 10.1 Å². The van der Waals surface area contributed by atoms with E-state index < -0.39 is 0 Å². The van der Waals surface area contributed by atoms with Crippen LogP contribution in [-0.4, -0.2) is 32.3 Å². The maximum Gasteiger partial charge on any atom is 0.157 e. The molecule has 3 aromatic heterocycles. The van der Waals surface area contributed by atoms with Crippen LogP contribution in [0.15, 0.2) is 67.3 Å². The molecule has 0 amide bonds. The van der Waals surface area contributed by atoms with Gasteiger partial charge in [0.05, 0.1) is 12.6 Å². The van der Waals surface area contributed by atoms with Crippen molar-refractivity contribution in [3.8, 4) is 17.1 Å². The summed E-state index contributed by atoms with van der Waals surface area (Å²) in [6.45, 7) is 0. The third kappa shape index (κ3) is 2.69. The van der Waals surface area contributed by atoms with Crippen LogP contribution in [0.1, 0.15) is 0 Å². The van der Waals surface area contributed by atoms with Gasteiger partial charge in [0, 0.05) is 39.8 Å². The number of hydrogen-bond donors (Lipinski definition) is 2. The number of methoxy groups -OCH3 is 1. The van der Waals surface area contributed by atoms with Crippen molar-refractivity contribution in [3.05, 3.63) is 67.3 Å². The fourth-order valence-corrected chi connectivity index (χ4v) is 3.30. The lowest BCUT2D eigenvalue weighted by Crippen LogP contribution is -1.98. The molecule has 0 saturated carbocycles.